The molecule has 25 heteroatoms. The van der Waals surface area contributed by atoms with Gasteiger partial charge in [-0.2, -0.15) is 0 Å². The van der Waals surface area contributed by atoms with E-state index in [0.29, 0.717) is 19.3 Å². The molecule has 3 heterocycles. The number of aromatic nitrogens is 2. The van der Waals surface area contributed by atoms with Gasteiger partial charge in [0.15, 0.2) is 17.9 Å². The van der Waals surface area contributed by atoms with Crippen LogP contribution in [0.4, 0.5) is 10.5 Å². The van der Waals surface area contributed by atoms with E-state index in [0.717, 1.165) is 47.1 Å². The third-order valence-corrected chi connectivity index (χ3v) is 15.7. The van der Waals surface area contributed by atoms with Gasteiger partial charge in [-0.25, -0.2) is 20.2 Å². The molecule has 2 unspecified atom stereocenters. The molecule has 412 valence electrons. The van der Waals surface area contributed by atoms with Crippen molar-refractivity contribution in [2.24, 2.45) is 17.8 Å². The molecule has 0 bridgehead atoms. The number of amides is 5. The standard InChI is InChI=1S/C50H71N9O13S3/c1-9-14-42(62)71-29-58(49(66)43(31(5)10-2)54-46(65)38-15-11-12-22-57(38)8)40(30(3)4)27-41(72-33(7)60)48-53-37(28-73-48)45(64)52-35(26-34-17-19-36(61)20-18-34)25-32(6)44(63)55-56-50(67)70-23-24-74-75-47-39(59(68)69)16-13-21-51-47/h13,16-21,28,30-32,35,38,40-41,43,61H,9-12,14-15,22-27,29H2,1-8H3,(H,52,64)(H,54,65)(H,55,63)(H,56,67)/t31?,32?,35-,38-,40-,41-,43+/m1/s1. The van der Waals surface area contributed by atoms with Gasteiger partial charge in [-0.1, -0.05) is 77.3 Å². The van der Waals surface area contributed by atoms with Crippen molar-refractivity contribution < 1.29 is 57.8 Å². The molecule has 0 aliphatic carbocycles. The first-order valence-corrected chi connectivity index (χ1v) is 28.2. The van der Waals surface area contributed by atoms with Gasteiger partial charge in [0.2, 0.25) is 17.7 Å². The van der Waals surface area contributed by atoms with Gasteiger partial charge >= 0.3 is 23.7 Å². The van der Waals surface area contributed by atoms with E-state index < -0.39 is 83.6 Å². The lowest BCUT2D eigenvalue weighted by atomic mass is 9.92. The zero-order valence-electron chi connectivity index (χ0n) is 43.7. The number of carbonyl (C=O) groups is 7. The highest BCUT2D eigenvalue weighted by atomic mass is 33.1. The first-order chi connectivity index (χ1) is 35.7. The van der Waals surface area contributed by atoms with Crippen LogP contribution in [-0.2, 0) is 44.6 Å². The molecule has 0 radical (unpaired) electrons. The number of piperidine rings is 1. The van der Waals surface area contributed by atoms with Gasteiger partial charge in [-0.05, 0) is 92.1 Å². The zero-order chi connectivity index (χ0) is 55.2. The molecule has 22 nitrogen and oxygen atoms in total. The summed E-state index contributed by atoms with van der Waals surface area (Å²) in [6.07, 6.45) is 3.41. The number of hydrogen-bond donors (Lipinski definition) is 5. The minimum absolute atomic E-state index is 0.0100. The number of likely N-dealkylation sites (N-methyl/N-ethyl adjacent to an activating group) is 1. The maximum atomic E-state index is 14.9. The van der Waals surface area contributed by atoms with Crippen LogP contribution in [0.3, 0.4) is 0 Å². The lowest BCUT2D eigenvalue weighted by Crippen LogP contribution is -2.59. The van der Waals surface area contributed by atoms with Crippen LogP contribution in [0, 0.1) is 27.9 Å². The van der Waals surface area contributed by atoms with Crippen molar-refractivity contribution in [2.45, 2.75) is 142 Å². The number of phenols is 1. The molecule has 75 heavy (non-hydrogen) atoms. The van der Waals surface area contributed by atoms with Gasteiger partial charge in [0.25, 0.3) is 5.91 Å². The van der Waals surface area contributed by atoms with Crippen LogP contribution in [0.15, 0.2) is 53.0 Å². The topological polar surface area (TPSA) is 291 Å². The Morgan fingerprint density at radius 1 is 1.00 bits per heavy atom. The molecule has 1 aromatic carbocycles. The highest BCUT2D eigenvalue weighted by molar-refractivity contribution is 8.76. The fourth-order valence-electron chi connectivity index (χ4n) is 8.20. The maximum Gasteiger partial charge on any atom is 0.426 e. The molecule has 5 amide bonds. The SMILES string of the molecule is CCCC(=O)OCN(C(=O)[C@@H](NC(=O)[C@H]1CCCCN1C)C(C)CC)[C@H](C[C@@H](OC(C)=O)c1nc(C(=O)N[C@@H](Cc2ccc(O)cc2)CC(C)C(=O)NNC(=O)OCCSSc2ncccc2[N+](=O)[O-])cs1)C(C)C. The number of rotatable bonds is 28. The average molecular weight is 1100 g/mol. The quantitative estimate of drug-likeness (QED) is 0.00941. The number of hydrogen-bond acceptors (Lipinski definition) is 19. The van der Waals surface area contributed by atoms with Crippen LogP contribution < -0.4 is 21.5 Å². The number of ether oxygens (including phenoxy) is 3. The number of aromatic hydroxyl groups is 1. The Hall–Kier alpha value is -6.05. The van der Waals surface area contributed by atoms with Crippen LogP contribution in [0.5, 0.6) is 5.75 Å². The lowest BCUT2D eigenvalue weighted by Gasteiger charge is -2.39. The number of nitrogens with zero attached hydrogens (tertiary/aromatic N) is 5. The molecule has 0 spiro atoms. The molecular formula is C50H71N9O13S3. The summed E-state index contributed by atoms with van der Waals surface area (Å²) in [5.41, 5.74) is 5.09. The number of nitro groups is 1. The number of benzene rings is 1. The van der Waals surface area contributed by atoms with Gasteiger partial charge < -0.3 is 34.9 Å². The van der Waals surface area contributed by atoms with Crippen molar-refractivity contribution >= 4 is 80.3 Å². The molecule has 5 N–H and O–H groups in total. The van der Waals surface area contributed by atoms with E-state index in [1.165, 1.54) is 58.5 Å². The van der Waals surface area contributed by atoms with Gasteiger partial charge in [0.1, 0.15) is 29.1 Å². The normalized spacial score (nSPS) is 16.0. The second kappa shape index (κ2) is 31.1. The first kappa shape index (κ1) is 61.5. The fourth-order valence-corrected chi connectivity index (χ4v) is 10.9. The van der Waals surface area contributed by atoms with Gasteiger partial charge in [0.05, 0.1) is 11.0 Å². The van der Waals surface area contributed by atoms with E-state index in [1.54, 1.807) is 19.1 Å². The Morgan fingerprint density at radius 2 is 1.73 bits per heavy atom. The summed E-state index contributed by atoms with van der Waals surface area (Å²) < 4.78 is 16.7. The highest BCUT2D eigenvalue weighted by Gasteiger charge is 2.39. The Balaban J connectivity index is 1.49. The summed E-state index contributed by atoms with van der Waals surface area (Å²) in [6, 6.07) is 6.33. The molecule has 4 rings (SSSR count). The van der Waals surface area contributed by atoms with E-state index in [-0.39, 0.29) is 83.0 Å². The third-order valence-electron chi connectivity index (χ3n) is 12.5. The predicted molar refractivity (Wildman–Crippen MR) is 283 cm³/mol. The number of carbonyl (C=O) groups excluding carboxylic acids is 7. The van der Waals surface area contributed by atoms with E-state index in [9.17, 15) is 48.8 Å². The molecule has 0 saturated carbocycles. The molecule has 7 atom stereocenters. The summed E-state index contributed by atoms with van der Waals surface area (Å²) in [5.74, 6) is -4.18. The van der Waals surface area contributed by atoms with Crippen LogP contribution in [-0.4, -0.2) is 128 Å². The molecule has 1 fully saturated rings. The third kappa shape index (κ3) is 19.9. The predicted octanol–water partition coefficient (Wildman–Crippen LogP) is 6.88. The largest absolute Gasteiger partial charge is 0.508 e. The van der Waals surface area contributed by atoms with Crippen LogP contribution in [0.25, 0.3) is 0 Å². The van der Waals surface area contributed by atoms with Crippen molar-refractivity contribution in [1.29, 1.82) is 0 Å². The number of esters is 2. The number of likely N-dealkylation sites (tertiary alicyclic amines) is 1. The number of phenolic OH excluding ortho intramolecular Hbond substituents is 1. The smallest absolute Gasteiger partial charge is 0.426 e. The Bertz CT molecular complexity index is 2400. The molecule has 3 aromatic rings. The monoisotopic (exact) mass is 1100 g/mol. The van der Waals surface area contributed by atoms with Gasteiger partial charge in [-0.15, -0.1) is 11.3 Å². The van der Waals surface area contributed by atoms with Crippen molar-refractivity contribution in [3.8, 4) is 5.75 Å². The number of nitrogens with one attached hydrogen (secondary N) is 4. The average Bonchev–Trinajstić information content (AvgIpc) is 3.88. The van der Waals surface area contributed by atoms with Gasteiger partial charge in [-0.3, -0.25) is 49.2 Å². The van der Waals surface area contributed by atoms with E-state index in [2.05, 4.69) is 31.5 Å². The molecule has 1 aliphatic rings. The minimum atomic E-state index is -1.07. The number of thiazole rings is 1. The second-order valence-corrected chi connectivity index (χ2v) is 22.0. The molecule has 2 aromatic heterocycles. The van der Waals surface area contributed by atoms with E-state index in [4.69, 9.17) is 14.2 Å². The summed E-state index contributed by atoms with van der Waals surface area (Å²) in [4.78, 5) is 117. The van der Waals surface area contributed by atoms with E-state index in [1.807, 2.05) is 46.6 Å². The van der Waals surface area contributed by atoms with Crippen molar-refractivity contribution in [1.82, 2.24) is 41.3 Å². The first-order valence-electron chi connectivity index (χ1n) is 25.0. The second-order valence-electron chi connectivity index (χ2n) is 18.7. The molecule has 1 aliphatic heterocycles. The van der Waals surface area contributed by atoms with E-state index >= 15 is 0 Å². The summed E-state index contributed by atoms with van der Waals surface area (Å²) in [5, 5.41) is 29.1. The highest BCUT2D eigenvalue weighted by Crippen LogP contribution is 2.35. The van der Waals surface area contributed by atoms with Gasteiger partial charge in [0, 0.05) is 61.2 Å². The Labute approximate surface area is 449 Å². The van der Waals surface area contributed by atoms with Crippen LogP contribution >= 0.6 is 32.9 Å². The minimum Gasteiger partial charge on any atom is -0.508 e. The fraction of sp³-hybridized carbons (Fsp3) is 0.580. The van der Waals surface area contributed by atoms with Crippen molar-refractivity contribution in [3.63, 3.8) is 0 Å². The van der Waals surface area contributed by atoms with Crippen molar-refractivity contribution in [2.75, 3.05) is 32.7 Å². The molecule has 1 saturated heterocycles. The molecular weight excluding hydrogens is 1030 g/mol. The Morgan fingerprint density at radius 3 is 2.39 bits per heavy atom. The zero-order valence-corrected chi connectivity index (χ0v) is 46.2. The maximum absolute atomic E-state index is 14.9. The number of pyridine rings is 1. The number of hydrazine groups is 1. The summed E-state index contributed by atoms with van der Waals surface area (Å²) in [7, 11) is 4.14. The van der Waals surface area contributed by atoms with Crippen molar-refractivity contribution in [3.05, 3.63) is 74.4 Å². The Kier molecular flexibility index (Phi) is 25.5. The summed E-state index contributed by atoms with van der Waals surface area (Å²) >= 11 is 1.06. The van der Waals surface area contributed by atoms with Crippen LogP contribution in [0.2, 0.25) is 0 Å². The lowest BCUT2D eigenvalue weighted by molar-refractivity contribution is -0.388. The summed E-state index contributed by atoms with van der Waals surface area (Å²) in [6.45, 7) is 12.5. The van der Waals surface area contributed by atoms with Crippen LogP contribution in [0.1, 0.15) is 127 Å².